The summed E-state index contributed by atoms with van der Waals surface area (Å²) in [5, 5.41) is 36.4. The highest BCUT2D eigenvalue weighted by atomic mass is 35.5. The fourth-order valence-electron chi connectivity index (χ4n) is 5.03. The van der Waals surface area contributed by atoms with Gasteiger partial charge < -0.3 is 35.4 Å². The molecule has 5 N–H and O–H groups in total. The van der Waals surface area contributed by atoms with Crippen LogP contribution < -0.4 is 10.6 Å². The zero-order valence-corrected chi connectivity index (χ0v) is 21.1. The van der Waals surface area contributed by atoms with Crippen LogP contribution in [0.5, 0.6) is 0 Å². The highest BCUT2D eigenvalue weighted by molar-refractivity contribution is 7.99. The van der Waals surface area contributed by atoms with Crippen LogP contribution in [0.1, 0.15) is 18.9 Å². The number of aliphatic hydroxyl groups is 3. The van der Waals surface area contributed by atoms with Crippen LogP contribution in [0.25, 0.3) is 5.57 Å². The number of halogens is 2. The number of ether oxygens (including phenoxy) is 2. The minimum absolute atomic E-state index is 0.135. The third-order valence-corrected chi connectivity index (χ3v) is 8.05. The predicted molar refractivity (Wildman–Crippen MR) is 131 cm³/mol. The molecule has 0 saturated carbocycles. The van der Waals surface area contributed by atoms with Crippen LogP contribution in [0.15, 0.2) is 30.3 Å². The third kappa shape index (κ3) is 5.55. The second-order valence-electron chi connectivity index (χ2n) is 9.20. The summed E-state index contributed by atoms with van der Waals surface area (Å²) in [6.45, 7) is 2.47. The van der Waals surface area contributed by atoms with E-state index in [2.05, 4.69) is 10.6 Å². The lowest BCUT2D eigenvalue weighted by atomic mass is 9.92. The van der Waals surface area contributed by atoms with E-state index in [4.69, 9.17) is 21.1 Å². The van der Waals surface area contributed by atoms with Gasteiger partial charge in [-0.25, -0.2) is 4.39 Å². The average Bonchev–Trinajstić information content (AvgIpc) is 3.12. The van der Waals surface area contributed by atoms with E-state index in [1.54, 1.807) is 31.4 Å². The van der Waals surface area contributed by atoms with Gasteiger partial charge in [-0.2, -0.15) is 0 Å². The molecule has 11 heteroatoms. The Morgan fingerprint density at radius 3 is 2.69 bits per heavy atom. The van der Waals surface area contributed by atoms with Crippen molar-refractivity contribution in [3.8, 4) is 0 Å². The second kappa shape index (κ2) is 11.4. The number of nitrogens with one attached hydrogen (secondary N) is 2. The summed E-state index contributed by atoms with van der Waals surface area (Å²) in [5.41, 5.74) is 0.600. The molecule has 1 amide bonds. The minimum Gasteiger partial charge on any atom is -0.388 e. The van der Waals surface area contributed by atoms with Crippen LogP contribution in [-0.2, 0) is 14.3 Å². The maximum Gasteiger partial charge on any atom is 0.240 e. The topological polar surface area (TPSA) is 120 Å². The standard InChI is InChI=1S/C24H32ClFN2O6S/c1-11(25)16(22-19(30)18(29)20(31)24(34-22)35-2)28-23(32)17-21-13(10-27-17)9-12(7-8-33-21)14-5-3-4-6-15(14)26/h3-6,9,11,13,16-22,24,27,29-31H,7-8,10H2,1-2H3,(H,28,32)/t11-,13-,16+,17-,18?,19?,20+,21+,22+,24?/m0/s1. The van der Waals surface area contributed by atoms with Crippen molar-refractivity contribution >= 4 is 34.8 Å². The lowest BCUT2D eigenvalue weighted by Gasteiger charge is -2.44. The van der Waals surface area contributed by atoms with Crippen molar-refractivity contribution in [2.75, 3.05) is 19.4 Å². The van der Waals surface area contributed by atoms with Gasteiger partial charge in [0.05, 0.1) is 24.1 Å². The molecule has 0 aliphatic carbocycles. The largest absolute Gasteiger partial charge is 0.388 e. The molecule has 0 radical (unpaired) electrons. The van der Waals surface area contributed by atoms with Crippen LogP contribution in [0.3, 0.4) is 0 Å². The molecule has 0 bridgehead atoms. The Morgan fingerprint density at radius 2 is 2.00 bits per heavy atom. The fourth-order valence-corrected chi connectivity index (χ4v) is 5.91. The van der Waals surface area contributed by atoms with Crippen molar-refractivity contribution in [3.63, 3.8) is 0 Å². The van der Waals surface area contributed by atoms with Crippen molar-refractivity contribution in [3.05, 3.63) is 41.7 Å². The number of carbonyl (C=O) groups excluding carboxylic acids is 1. The Labute approximate surface area is 213 Å². The first-order chi connectivity index (χ1) is 16.7. The number of benzene rings is 1. The van der Waals surface area contributed by atoms with E-state index in [9.17, 15) is 24.5 Å². The smallest absolute Gasteiger partial charge is 0.240 e. The van der Waals surface area contributed by atoms with Gasteiger partial charge in [-0.1, -0.05) is 24.3 Å². The van der Waals surface area contributed by atoms with Gasteiger partial charge in [-0.15, -0.1) is 23.4 Å². The summed E-state index contributed by atoms with van der Waals surface area (Å²) in [6.07, 6.45) is -1.43. The number of fused-ring (bicyclic) bond motifs is 1. The number of hydrogen-bond donors (Lipinski definition) is 5. The van der Waals surface area contributed by atoms with Crippen molar-refractivity contribution in [2.45, 2.75) is 66.8 Å². The molecule has 1 aromatic rings. The Bertz CT molecular complexity index is 937. The first-order valence-electron chi connectivity index (χ1n) is 11.7. The molecule has 3 aliphatic heterocycles. The molecule has 35 heavy (non-hydrogen) atoms. The Kier molecular flexibility index (Phi) is 8.76. The van der Waals surface area contributed by atoms with E-state index in [1.807, 2.05) is 6.08 Å². The maximum absolute atomic E-state index is 14.3. The number of rotatable bonds is 6. The Hall–Kier alpha value is -1.24. The van der Waals surface area contributed by atoms with E-state index in [0.29, 0.717) is 25.1 Å². The van der Waals surface area contributed by atoms with Crippen molar-refractivity contribution in [1.29, 1.82) is 0 Å². The fraction of sp³-hybridized carbons (Fsp3) is 0.625. The highest BCUT2D eigenvalue weighted by Crippen LogP contribution is 2.33. The first-order valence-corrected chi connectivity index (χ1v) is 13.4. The number of alkyl halides is 1. The molecule has 3 aliphatic rings. The molecule has 0 spiro atoms. The molecule has 194 valence electrons. The van der Waals surface area contributed by atoms with Gasteiger partial charge in [0.1, 0.15) is 41.7 Å². The molecule has 2 saturated heterocycles. The van der Waals surface area contributed by atoms with Crippen LogP contribution in [0.2, 0.25) is 0 Å². The number of carbonyl (C=O) groups is 1. The third-order valence-electron chi connectivity index (χ3n) is 6.92. The molecular formula is C24H32ClFN2O6S. The van der Waals surface area contributed by atoms with Gasteiger partial charge >= 0.3 is 0 Å². The summed E-state index contributed by atoms with van der Waals surface area (Å²) in [7, 11) is 0. The number of aliphatic hydroxyl groups excluding tert-OH is 3. The van der Waals surface area contributed by atoms with Crippen molar-refractivity contribution in [2.24, 2.45) is 5.92 Å². The molecule has 8 nitrogen and oxygen atoms in total. The molecule has 3 unspecified atom stereocenters. The summed E-state index contributed by atoms with van der Waals surface area (Å²) in [5.74, 6) is -0.808. The molecule has 4 rings (SSSR count). The Morgan fingerprint density at radius 1 is 1.26 bits per heavy atom. The minimum atomic E-state index is -1.44. The van der Waals surface area contributed by atoms with Gasteiger partial charge in [0.25, 0.3) is 0 Å². The summed E-state index contributed by atoms with van der Waals surface area (Å²) >= 11 is 7.57. The Balaban J connectivity index is 1.49. The van der Waals surface area contributed by atoms with E-state index in [0.717, 1.165) is 5.57 Å². The SMILES string of the molecule is CSC1O[C@H]([C@H](NC(=O)[C@H]2NC[C@@H]3C=C(c4ccccc4F)CCO[C@@H]23)[C@H](C)Cl)C(O)C(O)[C@H]1O. The van der Waals surface area contributed by atoms with Gasteiger partial charge in [-0.05, 0) is 31.2 Å². The number of thioether (sulfide) groups is 1. The lowest BCUT2D eigenvalue weighted by molar-refractivity contribution is -0.205. The number of hydrogen-bond acceptors (Lipinski definition) is 8. The van der Waals surface area contributed by atoms with Crippen LogP contribution in [-0.4, -0.2) is 94.1 Å². The lowest BCUT2D eigenvalue weighted by Crippen LogP contribution is -2.65. The summed E-state index contributed by atoms with van der Waals surface area (Å²) < 4.78 is 26.2. The molecule has 2 fully saturated rings. The molecule has 10 atom stereocenters. The van der Waals surface area contributed by atoms with Gasteiger partial charge in [-0.3, -0.25) is 4.79 Å². The van der Waals surface area contributed by atoms with Crippen LogP contribution in [0, 0.1) is 11.7 Å². The predicted octanol–water partition coefficient (Wildman–Crippen LogP) is 0.869. The van der Waals surface area contributed by atoms with E-state index < -0.39 is 53.4 Å². The zero-order valence-electron chi connectivity index (χ0n) is 19.5. The van der Waals surface area contributed by atoms with E-state index in [-0.39, 0.29) is 17.6 Å². The van der Waals surface area contributed by atoms with Crippen molar-refractivity contribution in [1.82, 2.24) is 10.6 Å². The molecule has 1 aromatic carbocycles. The molecule has 3 heterocycles. The van der Waals surface area contributed by atoms with Crippen molar-refractivity contribution < 1.29 is 34.0 Å². The van der Waals surface area contributed by atoms with Gasteiger partial charge in [0.15, 0.2) is 0 Å². The highest BCUT2D eigenvalue weighted by Gasteiger charge is 2.49. The van der Waals surface area contributed by atoms with Gasteiger partial charge in [0, 0.05) is 18.0 Å². The maximum atomic E-state index is 14.3. The van der Waals surface area contributed by atoms with Gasteiger partial charge in [0.2, 0.25) is 5.91 Å². The summed E-state index contributed by atoms with van der Waals surface area (Å²) in [4.78, 5) is 13.3. The second-order valence-corrected chi connectivity index (χ2v) is 10.8. The normalized spacial score (nSPS) is 37.1. The zero-order chi connectivity index (χ0) is 25.3. The van der Waals surface area contributed by atoms with Crippen LogP contribution in [0.4, 0.5) is 4.39 Å². The molecule has 0 aromatic heterocycles. The molecular weight excluding hydrogens is 499 g/mol. The van der Waals surface area contributed by atoms with E-state index in [1.165, 1.54) is 17.8 Å². The first kappa shape index (κ1) is 26.8. The van der Waals surface area contributed by atoms with E-state index >= 15 is 0 Å². The average molecular weight is 531 g/mol. The number of amides is 1. The monoisotopic (exact) mass is 530 g/mol. The quantitative estimate of drug-likeness (QED) is 0.344. The van der Waals surface area contributed by atoms with Crippen LogP contribution >= 0.6 is 23.4 Å². The summed E-state index contributed by atoms with van der Waals surface area (Å²) in [6, 6.07) is 5.07.